The average Bonchev–Trinajstić information content (AvgIpc) is 3.11. The molecule has 0 spiro atoms. The SMILES string of the molecule is Cc1nc2c3cc(Cl)ccc3oc2c2nc3ccc(Cl)cc3c(-c3ccccc3)c12. The maximum atomic E-state index is 6.36. The van der Waals surface area contributed by atoms with Crippen LogP contribution in [0.4, 0.5) is 0 Å². The van der Waals surface area contributed by atoms with Crippen LogP contribution in [-0.4, -0.2) is 9.97 Å². The smallest absolute Gasteiger partial charge is 0.180 e. The zero-order chi connectivity index (χ0) is 20.4. The van der Waals surface area contributed by atoms with Gasteiger partial charge in [0.25, 0.3) is 0 Å². The molecule has 0 fully saturated rings. The van der Waals surface area contributed by atoms with Gasteiger partial charge >= 0.3 is 0 Å². The van der Waals surface area contributed by atoms with Crippen molar-refractivity contribution in [2.45, 2.75) is 6.92 Å². The van der Waals surface area contributed by atoms with Crippen LogP contribution in [0.25, 0.3) is 55.0 Å². The number of nitrogens with zero attached hydrogens (tertiary/aromatic N) is 2. The summed E-state index contributed by atoms with van der Waals surface area (Å²) in [6.07, 6.45) is 0. The monoisotopic (exact) mass is 428 g/mol. The summed E-state index contributed by atoms with van der Waals surface area (Å²) in [5.74, 6) is 0. The molecule has 0 saturated carbocycles. The Morgan fingerprint density at radius 2 is 1.50 bits per heavy atom. The normalized spacial score (nSPS) is 11.8. The molecule has 0 atom stereocenters. The number of aromatic nitrogens is 2. The molecule has 3 aromatic heterocycles. The number of pyridine rings is 2. The molecule has 0 aliphatic heterocycles. The third kappa shape index (κ3) is 2.53. The maximum absolute atomic E-state index is 6.36. The average molecular weight is 429 g/mol. The molecular weight excluding hydrogens is 415 g/mol. The van der Waals surface area contributed by atoms with Gasteiger partial charge in [0.1, 0.15) is 16.6 Å². The van der Waals surface area contributed by atoms with Crippen molar-refractivity contribution in [3.05, 3.63) is 82.5 Å². The number of halogens is 2. The number of furan rings is 1. The Hall–Kier alpha value is -3.14. The van der Waals surface area contributed by atoms with Crippen molar-refractivity contribution in [3.63, 3.8) is 0 Å². The van der Waals surface area contributed by atoms with Gasteiger partial charge < -0.3 is 4.42 Å². The fourth-order valence-corrected chi connectivity index (χ4v) is 4.55. The van der Waals surface area contributed by atoms with Gasteiger partial charge in [-0.2, -0.15) is 0 Å². The minimum Gasteiger partial charge on any atom is -0.452 e. The van der Waals surface area contributed by atoms with Gasteiger partial charge in [0.15, 0.2) is 5.58 Å². The third-order valence-corrected chi connectivity index (χ3v) is 5.96. The van der Waals surface area contributed by atoms with E-state index in [2.05, 4.69) is 12.1 Å². The molecular formula is C25H14Cl2N2O. The van der Waals surface area contributed by atoms with E-state index in [4.69, 9.17) is 37.6 Å². The molecule has 144 valence electrons. The zero-order valence-electron chi connectivity index (χ0n) is 15.9. The molecule has 5 heteroatoms. The molecule has 3 nitrogen and oxygen atoms in total. The number of benzene rings is 3. The van der Waals surface area contributed by atoms with E-state index in [1.165, 1.54) is 0 Å². The van der Waals surface area contributed by atoms with Crippen molar-refractivity contribution >= 4 is 67.1 Å². The van der Waals surface area contributed by atoms with Crippen molar-refractivity contribution < 1.29 is 4.42 Å². The summed E-state index contributed by atoms with van der Waals surface area (Å²) in [6.45, 7) is 2.01. The highest BCUT2D eigenvalue weighted by atomic mass is 35.5. The lowest BCUT2D eigenvalue weighted by Crippen LogP contribution is -1.94. The second-order valence-electron chi connectivity index (χ2n) is 7.36. The lowest BCUT2D eigenvalue weighted by atomic mass is 9.95. The Labute approximate surface area is 181 Å². The van der Waals surface area contributed by atoms with Crippen molar-refractivity contribution in [2.24, 2.45) is 0 Å². The van der Waals surface area contributed by atoms with Crippen molar-refractivity contribution in [1.29, 1.82) is 0 Å². The van der Waals surface area contributed by atoms with Gasteiger partial charge in [-0.05, 0) is 48.9 Å². The van der Waals surface area contributed by atoms with Gasteiger partial charge in [-0.3, -0.25) is 0 Å². The number of fused-ring (bicyclic) bond motifs is 6. The van der Waals surface area contributed by atoms with E-state index < -0.39 is 0 Å². The third-order valence-electron chi connectivity index (χ3n) is 5.49. The number of rotatable bonds is 1. The summed E-state index contributed by atoms with van der Waals surface area (Å²) >= 11 is 12.6. The lowest BCUT2D eigenvalue weighted by molar-refractivity contribution is 0.671. The summed E-state index contributed by atoms with van der Waals surface area (Å²) in [7, 11) is 0. The highest BCUT2D eigenvalue weighted by Gasteiger charge is 2.20. The highest BCUT2D eigenvalue weighted by molar-refractivity contribution is 6.32. The van der Waals surface area contributed by atoms with E-state index in [-0.39, 0.29) is 0 Å². The van der Waals surface area contributed by atoms with Crippen molar-refractivity contribution in [1.82, 2.24) is 9.97 Å². The van der Waals surface area contributed by atoms with Crippen LogP contribution in [0.15, 0.2) is 71.1 Å². The maximum Gasteiger partial charge on any atom is 0.180 e. The predicted molar refractivity (Wildman–Crippen MR) is 125 cm³/mol. The summed E-state index contributed by atoms with van der Waals surface area (Å²) in [5, 5.41) is 4.17. The van der Waals surface area contributed by atoms with Gasteiger partial charge in [0, 0.05) is 37.5 Å². The molecule has 0 radical (unpaired) electrons. The predicted octanol–water partition coefficient (Wildman–Crippen LogP) is 7.96. The van der Waals surface area contributed by atoms with Crippen LogP contribution in [0.5, 0.6) is 0 Å². The lowest BCUT2D eigenvalue weighted by Gasteiger charge is -2.13. The Morgan fingerprint density at radius 1 is 0.767 bits per heavy atom. The van der Waals surface area contributed by atoms with Gasteiger partial charge in [-0.25, -0.2) is 9.97 Å². The first kappa shape index (κ1) is 17.7. The van der Waals surface area contributed by atoms with Crippen LogP contribution in [-0.2, 0) is 0 Å². The van der Waals surface area contributed by atoms with E-state index in [1.54, 1.807) is 0 Å². The summed E-state index contributed by atoms with van der Waals surface area (Å²) in [5.41, 5.74) is 6.86. The fourth-order valence-electron chi connectivity index (χ4n) is 4.21. The van der Waals surface area contributed by atoms with Crippen LogP contribution < -0.4 is 0 Å². The zero-order valence-corrected chi connectivity index (χ0v) is 17.4. The Balaban J connectivity index is 1.89. The molecule has 6 rings (SSSR count). The Morgan fingerprint density at radius 3 is 2.30 bits per heavy atom. The molecule has 0 N–H and O–H groups in total. The molecule has 0 aliphatic rings. The van der Waals surface area contributed by atoms with Crippen LogP contribution in [0.3, 0.4) is 0 Å². The van der Waals surface area contributed by atoms with Gasteiger partial charge in [-0.1, -0.05) is 53.5 Å². The van der Waals surface area contributed by atoms with E-state index in [1.807, 2.05) is 61.5 Å². The quantitative estimate of drug-likeness (QED) is 0.249. The van der Waals surface area contributed by atoms with Crippen LogP contribution in [0, 0.1) is 6.92 Å². The second-order valence-corrected chi connectivity index (χ2v) is 8.23. The molecule has 3 heterocycles. The minimum absolute atomic E-state index is 0.649. The van der Waals surface area contributed by atoms with Crippen LogP contribution in [0.1, 0.15) is 5.69 Å². The van der Waals surface area contributed by atoms with E-state index in [9.17, 15) is 0 Å². The van der Waals surface area contributed by atoms with Crippen LogP contribution in [0.2, 0.25) is 10.0 Å². The Bertz CT molecular complexity index is 1620. The molecule has 3 aromatic carbocycles. The Kier molecular flexibility index (Phi) is 3.79. The van der Waals surface area contributed by atoms with Crippen molar-refractivity contribution in [3.8, 4) is 11.1 Å². The van der Waals surface area contributed by atoms with Gasteiger partial charge in [-0.15, -0.1) is 0 Å². The first-order valence-electron chi connectivity index (χ1n) is 9.57. The fraction of sp³-hybridized carbons (Fsp3) is 0.0400. The minimum atomic E-state index is 0.649. The topological polar surface area (TPSA) is 38.9 Å². The molecule has 30 heavy (non-hydrogen) atoms. The summed E-state index contributed by atoms with van der Waals surface area (Å²) in [6, 6.07) is 21.6. The molecule has 0 saturated heterocycles. The van der Waals surface area contributed by atoms with Gasteiger partial charge in [0.05, 0.1) is 5.52 Å². The second kappa shape index (κ2) is 6.43. The highest BCUT2D eigenvalue weighted by Crippen LogP contribution is 2.41. The van der Waals surface area contributed by atoms with Gasteiger partial charge in [0.2, 0.25) is 0 Å². The largest absolute Gasteiger partial charge is 0.452 e. The molecule has 0 bridgehead atoms. The molecule has 0 aliphatic carbocycles. The van der Waals surface area contributed by atoms with E-state index >= 15 is 0 Å². The summed E-state index contributed by atoms with van der Waals surface area (Å²) in [4.78, 5) is 9.91. The number of hydrogen-bond acceptors (Lipinski definition) is 3. The first-order chi connectivity index (χ1) is 14.6. The summed E-state index contributed by atoms with van der Waals surface area (Å²) < 4.78 is 6.23. The van der Waals surface area contributed by atoms with Crippen molar-refractivity contribution in [2.75, 3.05) is 0 Å². The number of hydrogen-bond donors (Lipinski definition) is 0. The molecule has 0 unspecified atom stereocenters. The molecule has 6 aromatic rings. The van der Waals surface area contributed by atoms with E-state index in [0.717, 1.165) is 55.1 Å². The standard InChI is InChI=1S/C25H14Cl2N2O/c1-13-21-22(14-5-3-2-4-6-14)17-11-15(26)7-9-19(17)29-24(21)25-23(28-13)18-12-16(27)8-10-20(18)30-25/h2-12H,1H3. The first-order valence-corrected chi connectivity index (χ1v) is 10.3. The van der Waals surface area contributed by atoms with E-state index in [0.29, 0.717) is 15.6 Å². The number of aryl methyl sites for hydroxylation is 1. The molecule has 0 amide bonds. The van der Waals surface area contributed by atoms with Crippen LogP contribution >= 0.6 is 23.2 Å².